The van der Waals surface area contributed by atoms with Crippen LogP contribution in [0.5, 0.6) is 17.4 Å². The molecule has 162 valence electrons. The minimum atomic E-state index is -1.16. The summed E-state index contributed by atoms with van der Waals surface area (Å²) in [5.41, 5.74) is 0.115. The molecule has 2 aromatic carbocycles. The number of para-hydroxylation sites is 2. The summed E-state index contributed by atoms with van der Waals surface area (Å²) >= 11 is 0. The summed E-state index contributed by atoms with van der Waals surface area (Å²) < 4.78 is 25.5. The Hall–Kier alpha value is -4.08. The Morgan fingerprint density at radius 3 is 2.55 bits per heavy atom. The van der Waals surface area contributed by atoms with Gasteiger partial charge in [0.05, 0.1) is 26.7 Å². The van der Waals surface area contributed by atoms with Crippen molar-refractivity contribution in [2.24, 2.45) is 0 Å². The Kier molecular flexibility index (Phi) is 6.39. The quantitative estimate of drug-likeness (QED) is 0.503. The smallest absolute Gasteiger partial charge is 0.305 e. The lowest BCUT2D eigenvalue weighted by Gasteiger charge is -2.20. The number of nitrogens with zero attached hydrogens (tertiary/aromatic N) is 2. The van der Waals surface area contributed by atoms with Crippen molar-refractivity contribution in [2.75, 3.05) is 14.2 Å². The number of ether oxygens (including phenoxy) is 2. The van der Waals surface area contributed by atoms with Gasteiger partial charge in [0.15, 0.2) is 17.2 Å². The minimum Gasteiger partial charge on any atom is -0.493 e. The van der Waals surface area contributed by atoms with Crippen molar-refractivity contribution in [2.45, 2.75) is 12.5 Å². The van der Waals surface area contributed by atoms with E-state index in [-0.39, 0.29) is 17.1 Å². The average molecular weight is 429 g/mol. The third-order valence-electron chi connectivity index (χ3n) is 4.50. The Bertz CT molecular complexity index is 1110. The van der Waals surface area contributed by atoms with Gasteiger partial charge in [-0.2, -0.15) is 9.78 Å². The topological polar surface area (TPSA) is 123 Å². The van der Waals surface area contributed by atoms with Crippen LogP contribution in [0.15, 0.2) is 48.5 Å². The summed E-state index contributed by atoms with van der Waals surface area (Å²) in [7, 11) is 2.83. The predicted octanol–water partition coefficient (Wildman–Crippen LogP) is 2.68. The molecule has 1 amide bonds. The van der Waals surface area contributed by atoms with E-state index < -0.39 is 36.0 Å². The van der Waals surface area contributed by atoms with Crippen LogP contribution in [0.1, 0.15) is 28.5 Å². The molecule has 0 radical (unpaired) electrons. The Labute approximate surface area is 176 Å². The molecule has 0 spiro atoms. The lowest BCUT2D eigenvalue weighted by Crippen LogP contribution is -2.31. The molecule has 10 heteroatoms. The second kappa shape index (κ2) is 9.16. The Balaban J connectivity index is 1.94. The molecular weight excluding hydrogens is 409 g/mol. The van der Waals surface area contributed by atoms with Crippen molar-refractivity contribution in [3.8, 4) is 23.1 Å². The zero-order valence-corrected chi connectivity index (χ0v) is 16.7. The van der Waals surface area contributed by atoms with Gasteiger partial charge in [-0.25, -0.2) is 4.39 Å². The van der Waals surface area contributed by atoms with Gasteiger partial charge >= 0.3 is 5.97 Å². The predicted molar refractivity (Wildman–Crippen MR) is 107 cm³/mol. The van der Waals surface area contributed by atoms with Crippen LogP contribution in [-0.2, 0) is 4.79 Å². The number of aliphatic carboxylic acids is 1. The highest BCUT2D eigenvalue weighted by Crippen LogP contribution is 2.36. The fourth-order valence-electron chi connectivity index (χ4n) is 3.11. The number of amides is 1. The number of aromatic hydroxyl groups is 1. The van der Waals surface area contributed by atoms with Gasteiger partial charge < -0.3 is 25.0 Å². The lowest BCUT2D eigenvalue weighted by atomic mass is 10.0. The van der Waals surface area contributed by atoms with E-state index in [1.807, 2.05) is 0 Å². The van der Waals surface area contributed by atoms with Crippen molar-refractivity contribution in [1.82, 2.24) is 15.1 Å². The average Bonchev–Trinajstić information content (AvgIpc) is 3.14. The van der Waals surface area contributed by atoms with E-state index in [2.05, 4.69) is 10.4 Å². The van der Waals surface area contributed by atoms with E-state index in [9.17, 15) is 24.2 Å². The second-order valence-electron chi connectivity index (χ2n) is 6.46. The van der Waals surface area contributed by atoms with Gasteiger partial charge in [0.25, 0.3) is 5.91 Å². The number of benzene rings is 2. The summed E-state index contributed by atoms with van der Waals surface area (Å²) in [5, 5.41) is 26.0. The number of carbonyl (C=O) groups is 2. The zero-order valence-electron chi connectivity index (χ0n) is 16.7. The summed E-state index contributed by atoms with van der Waals surface area (Å²) in [5.74, 6) is -2.37. The van der Waals surface area contributed by atoms with Crippen LogP contribution in [-0.4, -0.2) is 46.1 Å². The molecule has 1 atom stereocenters. The maximum atomic E-state index is 14.0. The largest absolute Gasteiger partial charge is 0.493 e. The molecule has 0 aliphatic rings. The number of halogens is 1. The van der Waals surface area contributed by atoms with Gasteiger partial charge in [-0.05, 0) is 18.2 Å². The molecule has 0 unspecified atom stereocenters. The van der Waals surface area contributed by atoms with Crippen LogP contribution in [0.3, 0.4) is 0 Å². The fraction of sp³-hybridized carbons (Fsp3) is 0.190. The fourth-order valence-corrected chi connectivity index (χ4v) is 3.11. The van der Waals surface area contributed by atoms with E-state index in [0.29, 0.717) is 11.3 Å². The van der Waals surface area contributed by atoms with Crippen LogP contribution in [0.2, 0.25) is 0 Å². The minimum absolute atomic E-state index is 0.0457. The van der Waals surface area contributed by atoms with Crippen molar-refractivity contribution in [1.29, 1.82) is 0 Å². The number of nitrogens with one attached hydrogen (secondary N) is 1. The molecule has 1 heterocycles. The van der Waals surface area contributed by atoms with Gasteiger partial charge in [0.2, 0.25) is 5.88 Å². The van der Waals surface area contributed by atoms with E-state index in [1.54, 1.807) is 24.3 Å². The summed E-state index contributed by atoms with van der Waals surface area (Å²) in [6, 6.07) is 10.5. The second-order valence-corrected chi connectivity index (χ2v) is 6.46. The van der Waals surface area contributed by atoms with E-state index in [0.717, 1.165) is 10.7 Å². The molecule has 3 rings (SSSR count). The zero-order chi connectivity index (χ0) is 22.5. The maximum absolute atomic E-state index is 14.0. The summed E-state index contributed by atoms with van der Waals surface area (Å²) in [4.78, 5) is 24.2. The summed E-state index contributed by atoms with van der Waals surface area (Å²) in [6.45, 7) is 0. The van der Waals surface area contributed by atoms with Crippen molar-refractivity contribution < 1.29 is 33.7 Å². The first-order chi connectivity index (χ1) is 14.8. The molecule has 0 aliphatic heterocycles. The molecule has 0 saturated carbocycles. The van der Waals surface area contributed by atoms with Crippen LogP contribution in [0, 0.1) is 5.82 Å². The molecule has 1 aromatic heterocycles. The number of methoxy groups -OCH3 is 2. The number of aromatic nitrogens is 2. The van der Waals surface area contributed by atoms with Crippen molar-refractivity contribution in [3.05, 3.63) is 65.6 Å². The molecule has 3 aromatic rings. The van der Waals surface area contributed by atoms with E-state index in [1.165, 1.54) is 32.4 Å². The lowest BCUT2D eigenvalue weighted by molar-refractivity contribution is -0.137. The van der Waals surface area contributed by atoms with E-state index in [4.69, 9.17) is 9.47 Å². The first kappa shape index (κ1) is 21.6. The number of rotatable bonds is 8. The molecule has 3 N–H and O–H groups in total. The van der Waals surface area contributed by atoms with Crippen molar-refractivity contribution in [3.63, 3.8) is 0 Å². The number of hydrogen-bond acceptors (Lipinski definition) is 6. The van der Waals surface area contributed by atoms with Gasteiger partial charge in [0, 0.05) is 11.6 Å². The number of hydrogen-bond donors (Lipinski definition) is 3. The van der Waals surface area contributed by atoms with Gasteiger partial charge in [-0.1, -0.05) is 24.3 Å². The molecule has 9 nitrogen and oxygen atoms in total. The Morgan fingerprint density at radius 1 is 1.16 bits per heavy atom. The first-order valence-electron chi connectivity index (χ1n) is 9.13. The molecule has 0 saturated heterocycles. The molecule has 31 heavy (non-hydrogen) atoms. The highest BCUT2D eigenvalue weighted by Gasteiger charge is 2.26. The molecule has 0 aliphatic carbocycles. The normalized spacial score (nSPS) is 11.6. The maximum Gasteiger partial charge on any atom is 0.305 e. The number of carboxylic acids is 1. The van der Waals surface area contributed by atoms with Crippen LogP contribution in [0.4, 0.5) is 4.39 Å². The SMILES string of the molecule is COc1cccc([C@H](CC(=O)O)NC(=O)c2cc(O)n(-c3ccccc3F)n2)c1OC. The molecular formula is C21H20FN3O6. The summed E-state index contributed by atoms with van der Waals surface area (Å²) in [6.07, 6.45) is -0.449. The number of carboxylic acid groups (broad SMARTS) is 1. The highest BCUT2D eigenvalue weighted by atomic mass is 19.1. The third-order valence-corrected chi connectivity index (χ3v) is 4.50. The first-order valence-corrected chi connectivity index (χ1v) is 9.13. The Morgan fingerprint density at radius 2 is 1.90 bits per heavy atom. The molecule has 0 bridgehead atoms. The third kappa shape index (κ3) is 4.58. The van der Waals surface area contributed by atoms with Crippen LogP contribution < -0.4 is 14.8 Å². The number of carbonyl (C=O) groups excluding carboxylic acids is 1. The van der Waals surface area contributed by atoms with E-state index >= 15 is 0 Å². The van der Waals surface area contributed by atoms with Gasteiger partial charge in [-0.15, -0.1) is 0 Å². The molecule has 0 fully saturated rings. The monoisotopic (exact) mass is 429 g/mol. The van der Waals surface area contributed by atoms with Gasteiger partial charge in [0.1, 0.15) is 11.5 Å². The standard InChI is InChI=1S/C21H20FN3O6/c1-30-17-9-5-6-12(20(17)31-2)14(11-19(27)28)23-21(29)15-10-18(26)25(24-15)16-8-4-3-7-13(16)22/h3-10,14,26H,11H2,1-2H3,(H,23,29)(H,27,28)/t14-/m0/s1. The van der Waals surface area contributed by atoms with Crippen LogP contribution in [0.25, 0.3) is 5.69 Å². The van der Waals surface area contributed by atoms with Gasteiger partial charge in [-0.3, -0.25) is 9.59 Å². The van der Waals surface area contributed by atoms with Crippen molar-refractivity contribution >= 4 is 11.9 Å². The van der Waals surface area contributed by atoms with Crippen LogP contribution >= 0.6 is 0 Å². The highest BCUT2D eigenvalue weighted by molar-refractivity contribution is 5.93.